The van der Waals surface area contributed by atoms with Gasteiger partial charge in [0.1, 0.15) is 11.6 Å². The molecule has 27 heavy (non-hydrogen) atoms. The fourth-order valence-electron chi connectivity index (χ4n) is 2.54. The number of halogens is 1. The van der Waals surface area contributed by atoms with Crippen molar-refractivity contribution in [3.63, 3.8) is 0 Å². The number of nitrogens with zero attached hydrogens (tertiary/aromatic N) is 4. The Kier molecular flexibility index (Phi) is 5.80. The molecule has 0 bridgehead atoms. The van der Waals surface area contributed by atoms with E-state index in [0.717, 1.165) is 11.1 Å². The summed E-state index contributed by atoms with van der Waals surface area (Å²) in [5, 5.41) is 13.6. The Morgan fingerprint density at radius 2 is 2.22 bits per heavy atom. The number of hydrogen-bond donors (Lipinski definition) is 2. The van der Waals surface area contributed by atoms with E-state index in [1.54, 1.807) is 23.0 Å². The van der Waals surface area contributed by atoms with Crippen LogP contribution in [0, 0.1) is 12.7 Å². The summed E-state index contributed by atoms with van der Waals surface area (Å²) in [5.41, 5.74) is 1.57. The minimum atomic E-state index is -0.363. The van der Waals surface area contributed by atoms with Gasteiger partial charge in [-0.2, -0.15) is 10.1 Å². The lowest BCUT2D eigenvalue weighted by atomic mass is 10.2. The predicted molar refractivity (Wildman–Crippen MR) is 96.9 cm³/mol. The highest BCUT2D eigenvalue weighted by Gasteiger charge is 2.12. The second-order valence-corrected chi connectivity index (χ2v) is 6.05. The number of aryl methyl sites for hydroxylation is 2. The first-order valence-corrected chi connectivity index (χ1v) is 8.68. The second-order valence-electron chi connectivity index (χ2n) is 6.05. The van der Waals surface area contributed by atoms with Gasteiger partial charge in [0.2, 0.25) is 5.89 Å². The zero-order valence-electron chi connectivity index (χ0n) is 15.2. The Labute approximate surface area is 155 Å². The Morgan fingerprint density at radius 3 is 2.96 bits per heavy atom. The molecule has 2 heterocycles. The molecule has 2 N–H and O–H groups in total. The summed E-state index contributed by atoms with van der Waals surface area (Å²) in [6.07, 6.45) is 2.80. The summed E-state index contributed by atoms with van der Waals surface area (Å²) in [5.74, 6) is 1.38. The van der Waals surface area contributed by atoms with Crippen LogP contribution in [0.3, 0.4) is 0 Å². The maximum Gasteiger partial charge on any atom is 0.320 e. The molecule has 0 fully saturated rings. The van der Waals surface area contributed by atoms with Gasteiger partial charge in [-0.15, -0.1) is 0 Å². The molecule has 9 heteroatoms. The molecule has 0 aliphatic rings. The minimum absolute atomic E-state index is 0.309. The number of hydrogen-bond acceptors (Lipinski definition) is 5. The van der Waals surface area contributed by atoms with E-state index in [9.17, 15) is 9.18 Å². The van der Waals surface area contributed by atoms with Gasteiger partial charge >= 0.3 is 6.03 Å². The van der Waals surface area contributed by atoms with E-state index in [1.165, 1.54) is 12.1 Å². The molecule has 1 aromatic carbocycles. The van der Waals surface area contributed by atoms with E-state index in [0.29, 0.717) is 43.5 Å². The third-order valence-electron chi connectivity index (χ3n) is 3.92. The Balaban J connectivity index is 1.56. The van der Waals surface area contributed by atoms with E-state index >= 15 is 0 Å². The van der Waals surface area contributed by atoms with Gasteiger partial charge in [0, 0.05) is 24.9 Å². The third-order valence-corrected chi connectivity index (χ3v) is 3.92. The molecule has 2 amide bonds. The van der Waals surface area contributed by atoms with Crippen molar-refractivity contribution in [3.05, 3.63) is 59.1 Å². The Bertz CT molecular complexity index is 920. The summed E-state index contributed by atoms with van der Waals surface area (Å²) in [4.78, 5) is 16.4. The molecule has 0 unspecified atom stereocenters. The van der Waals surface area contributed by atoms with Crippen molar-refractivity contribution in [2.24, 2.45) is 0 Å². The lowest BCUT2D eigenvalue weighted by Crippen LogP contribution is -2.31. The summed E-state index contributed by atoms with van der Waals surface area (Å²) in [6.45, 7) is 4.49. The van der Waals surface area contributed by atoms with Crippen LogP contribution in [0.15, 0.2) is 35.0 Å². The number of anilines is 1. The van der Waals surface area contributed by atoms with Crippen molar-refractivity contribution >= 4 is 11.8 Å². The van der Waals surface area contributed by atoms with Gasteiger partial charge in [-0.25, -0.2) is 13.9 Å². The molecular formula is C18H21FN6O2. The highest BCUT2D eigenvalue weighted by Crippen LogP contribution is 2.16. The van der Waals surface area contributed by atoms with Crippen LogP contribution in [0.2, 0.25) is 0 Å². The van der Waals surface area contributed by atoms with Gasteiger partial charge in [-0.1, -0.05) is 24.2 Å². The van der Waals surface area contributed by atoms with E-state index < -0.39 is 0 Å². The van der Waals surface area contributed by atoms with Gasteiger partial charge in [0.25, 0.3) is 0 Å². The standard InChI is InChI=1S/C18H21FN6O2/c1-3-16-22-15(24-27-16)7-8-20-18(26)23-17-12(2)10-21-25(17)11-13-5-4-6-14(19)9-13/h4-6,9-10H,3,7-8,11H2,1-2H3,(H2,20,23,26). The number of benzene rings is 1. The molecule has 0 saturated heterocycles. The first-order chi connectivity index (χ1) is 13.0. The topological polar surface area (TPSA) is 97.9 Å². The first-order valence-electron chi connectivity index (χ1n) is 8.68. The lowest BCUT2D eigenvalue weighted by molar-refractivity contribution is 0.252. The fourth-order valence-corrected chi connectivity index (χ4v) is 2.54. The van der Waals surface area contributed by atoms with Crippen LogP contribution in [0.5, 0.6) is 0 Å². The average Bonchev–Trinajstić information content (AvgIpc) is 3.23. The normalized spacial score (nSPS) is 10.8. The summed E-state index contributed by atoms with van der Waals surface area (Å²) < 4.78 is 20.0. The highest BCUT2D eigenvalue weighted by atomic mass is 19.1. The molecule has 3 rings (SSSR count). The van der Waals surface area contributed by atoms with Crippen LogP contribution < -0.4 is 10.6 Å². The van der Waals surface area contributed by atoms with Crippen LogP contribution in [-0.4, -0.2) is 32.5 Å². The molecule has 8 nitrogen and oxygen atoms in total. The van der Waals surface area contributed by atoms with Gasteiger partial charge < -0.3 is 9.84 Å². The quantitative estimate of drug-likeness (QED) is 0.664. The van der Waals surface area contributed by atoms with Crippen LogP contribution in [0.4, 0.5) is 15.0 Å². The summed E-state index contributed by atoms with van der Waals surface area (Å²) in [7, 11) is 0. The number of nitrogens with one attached hydrogen (secondary N) is 2. The molecular weight excluding hydrogens is 351 g/mol. The molecule has 0 spiro atoms. The summed E-state index contributed by atoms with van der Waals surface area (Å²) >= 11 is 0. The molecule has 142 valence electrons. The average molecular weight is 372 g/mol. The minimum Gasteiger partial charge on any atom is -0.339 e. The van der Waals surface area contributed by atoms with E-state index in [1.807, 2.05) is 13.8 Å². The van der Waals surface area contributed by atoms with Crippen molar-refractivity contribution < 1.29 is 13.7 Å². The zero-order valence-corrected chi connectivity index (χ0v) is 15.2. The van der Waals surface area contributed by atoms with Crippen LogP contribution in [-0.2, 0) is 19.4 Å². The Hall–Kier alpha value is -3.23. The molecule has 0 saturated carbocycles. The number of carbonyl (C=O) groups is 1. The van der Waals surface area contributed by atoms with Crippen molar-refractivity contribution in [2.45, 2.75) is 33.2 Å². The largest absolute Gasteiger partial charge is 0.339 e. The first kappa shape index (κ1) is 18.6. The van der Waals surface area contributed by atoms with Gasteiger partial charge in [-0.05, 0) is 24.6 Å². The summed E-state index contributed by atoms with van der Waals surface area (Å²) in [6, 6.07) is 5.91. The number of amides is 2. The zero-order chi connectivity index (χ0) is 19.2. The predicted octanol–water partition coefficient (Wildman–Crippen LogP) is 2.69. The van der Waals surface area contributed by atoms with Crippen molar-refractivity contribution in [1.29, 1.82) is 0 Å². The van der Waals surface area contributed by atoms with Gasteiger partial charge in [0.05, 0.1) is 12.7 Å². The smallest absolute Gasteiger partial charge is 0.320 e. The number of carbonyl (C=O) groups excluding carboxylic acids is 1. The van der Waals surface area contributed by atoms with Crippen molar-refractivity contribution in [3.8, 4) is 0 Å². The molecule has 3 aromatic rings. The van der Waals surface area contributed by atoms with E-state index in [4.69, 9.17) is 4.52 Å². The number of aromatic nitrogens is 4. The number of rotatable bonds is 7. The lowest BCUT2D eigenvalue weighted by Gasteiger charge is -2.11. The molecule has 0 atom stereocenters. The van der Waals surface area contributed by atoms with Crippen LogP contribution in [0.1, 0.15) is 29.8 Å². The van der Waals surface area contributed by atoms with Gasteiger partial charge in [-0.3, -0.25) is 5.32 Å². The van der Waals surface area contributed by atoms with Crippen LogP contribution in [0.25, 0.3) is 0 Å². The molecule has 0 aliphatic carbocycles. The number of urea groups is 1. The molecule has 2 aromatic heterocycles. The van der Waals surface area contributed by atoms with Crippen molar-refractivity contribution in [1.82, 2.24) is 25.2 Å². The van der Waals surface area contributed by atoms with Gasteiger partial charge in [0.15, 0.2) is 5.82 Å². The Morgan fingerprint density at radius 1 is 1.37 bits per heavy atom. The van der Waals surface area contributed by atoms with Crippen LogP contribution >= 0.6 is 0 Å². The fraction of sp³-hybridized carbons (Fsp3) is 0.333. The monoisotopic (exact) mass is 372 g/mol. The van der Waals surface area contributed by atoms with Crippen molar-refractivity contribution in [2.75, 3.05) is 11.9 Å². The second kappa shape index (κ2) is 8.43. The maximum absolute atomic E-state index is 13.4. The molecule has 0 radical (unpaired) electrons. The van der Waals surface area contributed by atoms with E-state index in [-0.39, 0.29) is 11.8 Å². The maximum atomic E-state index is 13.4. The van der Waals surface area contributed by atoms with E-state index in [2.05, 4.69) is 25.9 Å². The third kappa shape index (κ3) is 4.90. The molecule has 0 aliphatic heterocycles. The SMILES string of the molecule is CCc1nc(CCNC(=O)Nc2c(C)cnn2Cc2cccc(F)c2)no1. The highest BCUT2D eigenvalue weighted by molar-refractivity contribution is 5.89.